The number of β-amino-alcohol motifs (C(OH)–C–C–N with tert-alkyl or cyclic N) is 1. The number of hydrogen-bond acceptors (Lipinski definition) is 3. The summed E-state index contributed by atoms with van der Waals surface area (Å²) in [5, 5.41) is 13.2. The lowest BCUT2D eigenvalue weighted by atomic mass is 9.81. The van der Waals surface area contributed by atoms with Gasteiger partial charge in [0.25, 0.3) is 0 Å². The third-order valence-electron chi connectivity index (χ3n) is 3.35. The molecule has 0 amide bonds. The van der Waals surface area contributed by atoms with Gasteiger partial charge in [-0.15, -0.1) is 0 Å². The fourth-order valence-corrected chi connectivity index (χ4v) is 2.13. The summed E-state index contributed by atoms with van der Waals surface area (Å²) in [6, 6.07) is 0. The van der Waals surface area contributed by atoms with Gasteiger partial charge >= 0.3 is 0 Å². The van der Waals surface area contributed by atoms with Crippen molar-refractivity contribution in [1.29, 1.82) is 0 Å². The molecule has 76 valence electrons. The normalized spacial score (nSPS) is 28.4. The number of piperazine rings is 1. The maximum absolute atomic E-state index is 9.86. The molecule has 0 bridgehead atoms. The van der Waals surface area contributed by atoms with E-state index in [-0.39, 0.29) is 6.10 Å². The Balaban J connectivity index is 1.69. The van der Waals surface area contributed by atoms with E-state index < -0.39 is 0 Å². The first-order valence-corrected chi connectivity index (χ1v) is 5.47. The maximum Gasteiger partial charge on any atom is 0.0695 e. The number of nitrogens with zero attached hydrogens (tertiary/aromatic N) is 1. The van der Waals surface area contributed by atoms with Crippen molar-refractivity contribution < 1.29 is 5.11 Å². The van der Waals surface area contributed by atoms with Crippen LogP contribution in [0.5, 0.6) is 0 Å². The van der Waals surface area contributed by atoms with Crippen molar-refractivity contribution in [3.8, 4) is 0 Å². The highest BCUT2D eigenvalue weighted by Gasteiger charge is 2.27. The van der Waals surface area contributed by atoms with E-state index in [0.29, 0.717) is 5.92 Å². The highest BCUT2D eigenvalue weighted by molar-refractivity contribution is 4.80. The molecule has 2 rings (SSSR count). The van der Waals surface area contributed by atoms with Crippen molar-refractivity contribution in [3.63, 3.8) is 0 Å². The van der Waals surface area contributed by atoms with Gasteiger partial charge in [-0.2, -0.15) is 0 Å². The lowest BCUT2D eigenvalue weighted by molar-refractivity contribution is 0.0274. The number of rotatable bonds is 3. The van der Waals surface area contributed by atoms with E-state index in [0.717, 1.165) is 32.7 Å². The molecule has 13 heavy (non-hydrogen) atoms. The van der Waals surface area contributed by atoms with Crippen LogP contribution in [0.2, 0.25) is 0 Å². The summed E-state index contributed by atoms with van der Waals surface area (Å²) in [5.41, 5.74) is 0. The highest BCUT2D eigenvalue weighted by Crippen LogP contribution is 2.29. The Labute approximate surface area is 80.1 Å². The number of nitrogens with one attached hydrogen (secondary N) is 1. The molecule has 1 aliphatic heterocycles. The predicted octanol–water partition coefficient (Wildman–Crippen LogP) is 0.0526. The van der Waals surface area contributed by atoms with Crippen molar-refractivity contribution >= 4 is 0 Å². The summed E-state index contributed by atoms with van der Waals surface area (Å²) < 4.78 is 0. The van der Waals surface area contributed by atoms with Gasteiger partial charge in [-0.3, -0.25) is 4.90 Å². The van der Waals surface area contributed by atoms with E-state index in [1.165, 1.54) is 19.3 Å². The Kier molecular flexibility index (Phi) is 3.19. The maximum atomic E-state index is 9.86. The van der Waals surface area contributed by atoms with Crippen LogP contribution in [0, 0.1) is 5.92 Å². The highest BCUT2D eigenvalue weighted by atomic mass is 16.3. The van der Waals surface area contributed by atoms with Crippen LogP contribution in [0.1, 0.15) is 19.3 Å². The summed E-state index contributed by atoms with van der Waals surface area (Å²) in [4.78, 5) is 2.37. The topological polar surface area (TPSA) is 35.5 Å². The number of aliphatic hydroxyl groups excluding tert-OH is 1. The van der Waals surface area contributed by atoms with Crippen LogP contribution in [0.15, 0.2) is 0 Å². The minimum absolute atomic E-state index is 0.0631. The first-order chi connectivity index (χ1) is 6.36. The van der Waals surface area contributed by atoms with Crippen molar-refractivity contribution in [1.82, 2.24) is 10.2 Å². The number of hydrogen-bond donors (Lipinski definition) is 2. The third-order valence-corrected chi connectivity index (χ3v) is 3.35. The van der Waals surface area contributed by atoms with Gasteiger partial charge in [-0.25, -0.2) is 0 Å². The van der Waals surface area contributed by atoms with Crippen LogP contribution in [0.3, 0.4) is 0 Å². The summed E-state index contributed by atoms with van der Waals surface area (Å²) in [5.74, 6) is 0.606. The molecular weight excluding hydrogens is 164 g/mol. The second-order valence-corrected chi connectivity index (χ2v) is 4.31. The fraction of sp³-hybridized carbons (Fsp3) is 1.00. The second-order valence-electron chi connectivity index (χ2n) is 4.31. The molecule has 0 radical (unpaired) electrons. The van der Waals surface area contributed by atoms with Crippen LogP contribution < -0.4 is 5.32 Å². The molecule has 0 aromatic rings. The Morgan fingerprint density at radius 1 is 1.31 bits per heavy atom. The van der Waals surface area contributed by atoms with E-state index in [2.05, 4.69) is 10.2 Å². The van der Waals surface area contributed by atoms with Gasteiger partial charge in [0.15, 0.2) is 0 Å². The van der Waals surface area contributed by atoms with Crippen LogP contribution in [-0.4, -0.2) is 48.8 Å². The van der Waals surface area contributed by atoms with Gasteiger partial charge in [-0.05, 0) is 18.8 Å². The molecule has 1 atom stereocenters. The van der Waals surface area contributed by atoms with Gasteiger partial charge < -0.3 is 10.4 Å². The minimum atomic E-state index is -0.0631. The van der Waals surface area contributed by atoms with E-state index in [1.807, 2.05) is 0 Å². The second kappa shape index (κ2) is 4.40. The van der Waals surface area contributed by atoms with Gasteiger partial charge in [0.1, 0.15) is 0 Å². The molecule has 1 heterocycles. The van der Waals surface area contributed by atoms with Crippen molar-refractivity contribution in [2.45, 2.75) is 25.4 Å². The van der Waals surface area contributed by atoms with Crippen molar-refractivity contribution in [2.75, 3.05) is 32.7 Å². The molecule has 0 aromatic carbocycles. The van der Waals surface area contributed by atoms with Gasteiger partial charge in [0, 0.05) is 32.7 Å². The quantitative estimate of drug-likeness (QED) is 0.651. The zero-order valence-corrected chi connectivity index (χ0v) is 8.21. The molecule has 1 unspecified atom stereocenters. The van der Waals surface area contributed by atoms with Crippen LogP contribution >= 0.6 is 0 Å². The largest absolute Gasteiger partial charge is 0.392 e. The predicted molar refractivity (Wildman–Crippen MR) is 52.7 cm³/mol. The van der Waals surface area contributed by atoms with Gasteiger partial charge in [-0.1, -0.05) is 6.42 Å². The molecule has 0 spiro atoms. The lowest BCUT2D eigenvalue weighted by Crippen LogP contribution is -2.48. The Hall–Kier alpha value is -0.120. The molecule has 1 aliphatic carbocycles. The first kappa shape index (κ1) is 9.44. The molecule has 1 saturated carbocycles. The SMILES string of the molecule is OC(CN1CCNCC1)C1CCC1. The molecule has 3 nitrogen and oxygen atoms in total. The standard InChI is InChI=1S/C10H20N2O/c13-10(9-2-1-3-9)8-12-6-4-11-5-7-12/h9-11,13H,1-8H2. The van der Waals surface area contributed by atoms with E-state index in [4.69, 9.17) is 0 Å². The Bertz CT molecular complexity index is 153. The van der Waals surface area contributed by atoms with Crippen molar-refractivity contribution in [2.24, 2.45) is 5.92 Å². The van der Waals surface area contributed by atoms with Crippen LogP contribution in [-0.2, 0) is 0 Å². The van der Waals surface area contributed by atoms with Crippen LogP contribution in [0.4, 0.5) is 0 Å². The average Bonchev–Trinajstić information content (AvgIpc) is 2.02. The molecule has 1 saturated heterocycles. The van der Waals surface area contributed by atoms with E-state index in [9.17, 15) is 5.11 Å². The Morgan fingerprint density at radius 2 is 2.00 bits per heavy atom. The van der Waals surface area contributed by atoms with Gasteiger partial charge in [0.2, 0.25) is 0 Å². The summed E-state index contributed by atoms with van der Waals surface area (Å²) in [7, 11) is 0. The first-order valence-electron chi connectivity index (χ1n) is 5.47. The Morgan fingerprint density at radius 3 is 2.54 bits per heavy atom. The molecule has 2 aliphatic rings. The monoisotopic (exact) mass is 184 g/mol. The van der Waals surface area contributed by atoms with Crippen molar-refractivity contribution in [3.05, 3.63) is 0 Å². The molecule has 2 N–H and O–H groups in total. The summed E-state index contributed by atoms with van der Waals surface area (Å²) in [6.07, 6.45) is 3.75. The molecular formula is C10H20N2O. The lowest BCUT2D eigenvalue weighted by Gasteiger charge is -2.35. The van der Waals surface area contributed by atoms with E-state index >= 15 is 0 Å². The summed E-state index contributed by atoms with van der Waals surface area (Å²) >= 11 is 0. The number of aliphatic hydroxyl groups is 1. The molecule has 2 fully saturated rings. The third kappa shape index (κ3) is 2.42. The van der Waals surface area contributed by atoms with Gasteiger partial charge in [0.05, 0.1) is 6.10 Å². The zero-order chi connectivity index (χ0) is 9.10. The minimum Gasteiger partial charge on any atom is -0.392 e. The molecule has 0 aromatic heterocycles. The smallest absolute Gasteiger partial charge is 0.0695 e. The van der Waals surface area contributed by atoms with Crippen LogP contribution in [0.25, 0.3) is 0 Å². The molecule has 3 heteroatoms. The fourth-order valence-electron chi connectivity index (χ4n) is 2.13. The zero-order valence-electron chi connectivity index (χ0n) is 8.21. The summed E-state index contributed by atoms with van der Waals surface area (Å²) in [6.45, 7) is 5.26. The van der Waals surface area contributed by atoms with E-state index in [1.54, 1.807) is 0 Å². The average molecular weight is 184 g/mol.